The fourth-order valence-corrected chi connectivity index (χ4v) is 2.58. The molecule has 0 bridgehead atoms. The van der Waals surface area contributed by atoms with Crippen molar-refractivity contribution in [2.75, 3.05) is 17.6 Å². The van der Waals surface area contributed by atoms with Crippen LogP contribution in [0.25, 0.3) is 0 Å². The van der Waals surface area contributed by atoms with Crippen molar-refractivity contribution in [3.63, 3.8) is 0 Å². The van der Waals surface area contributed by atoms with Crippen molar-refractivity contribution in [2.45, 2.75) is 0 Å². The predicted octanol–water partition coefficient (Wildman–Crippen LogP) is 2.75. The molecule has 0 aliphatic heterocycles. The second kappa shape index (κ2) is 7.46. The number of carbonyl (C=O) groups excluding carboxylic acids is 2. The Hall–Kier alpha value is -2.38. The molecule has 0 atom stereocenters. The summed E-state index contributed by atoms with van der Waals surface area (Å²) in [6.45, 7) is -0.465. The molecule has 6 nitrogen and oxygen atoms in total. The molecule has 0 heterocycles. The van der Waals surface area contributed by atoms with Gasteiger partial charge in [-0.25, -0.2) is 13.2 Å². The SMILES string of the molecule is CS(=O)(=O)Nc1ccccc1C(=O)OCC(=O)c1ccc(Cl)cc1. The number of para-hydroxylation sites is 1. The Kier molecular flexibility index (Phi) is 5.58. The molecule has 2 aromatic carbocycles. The zero-order valence-corrected chi connectivity index (χ0v) is 14.2. The van der Waals surface area contributed by atoms with E-state index in [2.05, 4.69) is 4.72 Å². The predicted molar refractivity (Wildman–Crippen MR) is 91.0 cm³/mol. The highest BCUT2D eigenvalue weighted by Crippen LogP contribution is 2.17. The number of carbonyl (C=O) groups is 2. The van der Waals surface area contributed by atoms with E-state index in [4.69, 9.17) is 16.3 Å². The van der Waals surface area contributed by atoms with Crippen molar-refractivity contribution in [1.29, 1.82) is 0 Å². The van der Waals surface area contributed by atoms with Crippen molar-refractivity contribution in [2.24, 2.45) is 0 Å². The lowest BCUT2D eigenvalue weighted by Gasteiger charge is -2.10. The van der Waals surface area contributed by atoms with E-state index in [1.165, 1.54) is 24.3 Å². The summed E-state index contributed by atoms with van der Waals surface area (Å²) >= 11 is 5.74. The molecule has 0 saturated heterocycles. The Labute approximate surface area is 144 Å². The molecule has 24 heavy (non-hydrogen) atoms. The first-order valence-electron chi connectivity index (χ1n) is 6.79. The van der Waals surface area contributed by atoms with Crippen LogP contribution in [-0.2, 0) is 14.8 Å². The Bertz CT molecular complexity index is 862. The molecule has 0 fully saturated rings. The van der Waals surface area contributed by atoms with Gasteiger partial charge in [-0.2, -0.15) is 0 Å². The number of anilines is 1. The normalized spacial score (nSPS) is 10.9. The molecule has 126 valence electrons. The quantitative estimate of drug-likeness (QED) is 0.626. The van der Waals surface area contributed by atoms with Crippen LogP contribution in [0.3, 0.4) is 0 Å². The smallest absolute Gasteiger partial charge is 0.340 e. The third-order valence-electron chi connectivity index (χ3n) is 2.94. The number of Topliss-reactive ketones (excluding diaryl/α,β-unsaturated/α-hetero) is 1. The maximum absolute atomic E-state index is 12.1. The maximum Gasteiger partial charge on any atom is 0.340 e. The molecule has 0 aliphatic carbocycles. The van der Waals surface area contributed by atoms with Crippen molar-refractivity contribution >= 4 is 39.1 Å². The van der Waals surface area contributed by atoms with E-state index in [9.17, 15) is 18.0 Å². The van der Waals surface area contributed by atoms with Crippen LogP contribution in [0.15, 0.2) is 48.5 Å². The summed E-state index contributed by atoms with van der Waals surface area (Å²) in [6, 6.07) is 12.1. The molecule has 0 unspecified atom stereocenters. The molecule has 0 saturated carbocycles. The van der Waals surface area contributed by atoms with Gasteiger partial charge in [-0.1, -0.05) is 23.7 Å². The first-order valence-corrected chi connectivity index (χ1v) is 9.06. The van der Waals surface area contributed by atoms with E-state index in [1.807, 2.05) is 0 Å². The van der Waals surface area contributed by atoms with Gasteiger partial charge in [0.05, 0.1) is 17.5 Å². The first-order chi connectivity index (χ1) is 11.3. The summed E-state index contributed by atoms with van der Waals surface area (Å²) in [4.78, 5) is 24.1. The van der Waals surface area contributed by atoms with Crippen LogP contribution < -0.4 is 4.72 Å². The van der Waals surface area contributed by atoms with Crippen molar-refractivity contribution in [3.05, 3.63) is 64.7 Å². The standard InChI is InChI=1S/C16H14ClNO5S/c1-24(21,22)18-14-5-3-2-4-13(14)16(20)23-10-15(19)11-6-8-12(17)9-7-11/h2-9,18H,10H2,1H3. The van der Waals surface area contributed by atoms with E-state index in [-0.39, 0.29) is 11.3 Å². The molecule has 0 aliphatic rings. The number of benzene rings is 2. The molecule has 1 N–H and O–H groups in total. The van der Waals surface area contributed by atoms with Crippen molar-refractivity contribution in [3.8, 4) is 0 Å². The number of rotatable bonds is 6. The summed E-state index contributed by atoms with van der Waals surface area (Å²) < 4.78 is 29.9. The summed E-state index contributed by atoms with van der Waals surface area (Å²) in [5, 5.41) is 0.490. The highest BCUT2D eigenvalue weighted by Gasteiger charge is 2.16. The molecular formula is C16H14ClNO5S. The Morgan fingerprint density at radius 3 is 2.33 bits per heavy atom. The maximum atomic E-state index is 12.1. The van der Waals surface area contributed by atoms with E-state index < -0.39 is 28.4 Å². The number of hydrogen-bond acceptors (Lipinski definition) is 5. The van der Waals surface area contributed by atoms with E-state index >= 15 is 0 Å². The van der Waals surface area contributed by atoms with Gasteiger partial charge in [-0.05, 0) is 36.4 Å². The summed E-state index contributed by atoms with van der Waals surface area (Å²) in [5.41, 5.74) is 0.463. The van der Waals surface area contributed by atoms with Crippen LogP contribution in [-0.4, -0.2) is 33.0 Å². The zero-order chi connectivity index (χ0) is 17.7. The van der Waals surface area contributed by atoms with E-state index in [0.29, 0.717) is 10.6 Å². The minimum Gasteiger partial charge on any atom is -0.454 e. The average molecular weight is 368 g/mol. The largest absolute Gasteiger partial charge is 0.454 e. The number of nitrogens with one attached hydrogen (secondary N) is 1. The summed E-state index contributed by atoms with van der Waals surface area (Å²) in [5.74, 6) is -1.20. The summed E-state index contributed by atoms with van der Waals surface area (Å²) in [6.07, 6.45) is 0.971. The minimum atomic E-state index is -3.55. The van der Waals surface area contributed by atoms with Gasteiger partial charge < -0.3 is 4.74 Å². The highest BCUT2D eigenvalue weighted by molar-refractivity contribution is 7.92. The average Bonchev–Trinajstić information content (AvgIpc) is 2.52. The van der Waals surface area contributed by atoms with Gasteiger partial charge in [0.1, 0.15) is 0 Å². The fraction of sp³-hybridized carbons (Fsp3) is 0.125. The van der Waals surface area contributed by atoms with Gasteiger partial charge in [0.25, 0.3) is 0 Å². The second-order valence-electron chi connectivity index (χ2n) is 4.93. The number of hydrogen-bond donors (Lipinski definition) is 1. The molecule has 2 aromatic rings. The minimum absolute atomic E-state index is 0.0202. The van der Waals surface area contributed by atoms with Gasteiger partial charge in [0.15, 0.2) is 12.4 Å². The lowest BCUT2D eigenvalue weighted by Crippen LogP contribution is -2.17. The first kappa shape index (κ1) is 18.0. The van der Waals surface area contributed by atoms with Crippen LogP contribution in [0, 0.1) is 0 Å². The van der Waals surface area contributed by atoms with Crippen LogP contribution in [0.2, 0.25) is 5.02 Å². The second-order valence-corrected chi connectivity index (χ2v) is 7.11. The Morgan fingerprint density at radius 2 is 1.71 bits per heavy atom. The monoisotopic (exact) mass is 367 g/mol. The van der Waals surface area contributed by atoms with Crippen LogP contribution in [0.5, 0.6) is 0 Å². The molecule has 0 amide bonds. The number of ketones is 1. The molecule has 2 rings (SSSR count). The van der Waals surface area contributed by atoms with Gasteiger partial charge in [0, 0.05) is 10.6 Å². The topological polar surface area (TPSA) is 89.5 Å². The number of ether oxygens (including phenoxy) is 1. The third kappa shape index (κ3) is 5.07. The molecule has 0 spiro atoms. The van der Waals surface area contributed by atoms with Crippen LogP contribution in [0.4, 0.5) is 5.69 Å². The molecule has 8 heteroatoms. The van der Waals surface area contributed by atoms with Crippen LogP contribution in [0.1, 0.15) is 20.7 Å². The van der Waals surface area contributed by atoms with Gasteiger partial charge in [-0.15, -0.1) is 0 Å². The third-order valence-corrected chi connectivity index (χ3v) is 3.79. The Morgan fingerprint density at radius 1 is 1.08 bits per heavy atom. The zero-order valence-electron chi connectivity index (χ0n) is 12.7. The van der Waals surface area contributed by atoms with Crippen molar-refractivity contribution < 1.29 is 22.7 Å². The molecule has 0 aromatic heterocycles. The fourth-order valence-electron chi connectivity index (χ4n) is 1.88. The van der Waals surface area contributed by atoms with E-state index in [0.717, 1.165) is 6.26 Å². The molecular weight excluding hydrogens is 354 g/mol. The van der Waals surface area contributed by atoms with Crippen LogP contribution >= 0.6 is 11.6 Å². The number of sulfonamides is 1. The highest BCUT2D eigenvalue weighted by atomic mass is 35.5. The molecule has 0 radical (unpaired) electrons. The van der Waals surface area contributed by atoms with Gasteiger partial charge >= 0.3 is 5.97 Å². The Balaban J connectivity index is 2.08. The lowest BCUT2D eigenvalue weighted by molar-refractivity contribution is 0.0476. The lowest BCUT2D eigenvalue weighted by atomic mass is 10.1. The number of esters is 1. The summed E-state index contributed by atoms with van der Waals surface area (Å²) in [7, 11) is -3.55. The van der Waals surface area contributed by atoms with Gasteiger partial charge in [0.2, 0.25) is 10.0 Å². The van der Waals surface area contributed by atoms with Gasteiger partial charge in [-0.3, -0.25) is 9.52 Å². The van der Waals surface area contributed by atoms with E-state index in [1.54, 1.807) is 24.3 Å². The number of halogens is 1. The van der Waals surface area contributed by atoms with Crippen molar-refractivity contribution in [1.82, 2.24) is 0 Å².